The van der Waals surface area contributed by atoms with Crippen molar-refractivity contribution < 1.29 is 23.1 Å². The van der Waals surface area contributed by atoms with Crippen LogP contribution in [0.5, 0.6) is 5.75 Å². The number of fused-ring (bicyclic) bond motifs is 1. The summed E-state index contributed by atoms with van der Waals surface area (Å²) >= 11 is 0. The van der Waals surface area contributed by atoms with Gasteiger partial charge in [-0.15, -0.1) is 0 Å². The minimum absolute atomic E-state index is 0.191. The highest BCUT2D eigenvalue weighted by atomic mass is 19.1. The van der Waals surface area contributed by atoms with Crippen molar-refractivity contribution in [3.8, 4) is 5.75 Å². The van der Waals surface area contributed by atoms with Gasteiger partial charge in [0.05, 0.1) is 6.61 Å². The Labute approximate surface area is 164 Å². The topological polar surface area (TPSA) is 48.7 Å². The summed E-state index contributed by atoms with van der Waals surface area (Å²) in [5.74, 6) is 0.968. The molecule has 2 aromatic carbocycles. The fourth-order valence-corrected chi connectivity index (χ4v) is 3.33. The van der Waals surface area contributed by atoms with E-state index in [4.69, 9.17) is 13.9 Å². The molecule has 0 N–H and O–H groups in total. The molecule has 0 aliphatic heterocycles. The number of esters is 1. The van der Waals surface area contributed by atoms with Crippen molar-refractivity contribution in [2.45, 2.75) is 47.1 Å². The number of carbonyl (C=O) groups excluding carboxylic acids is 1. The van der Waals surface area contributed by atoms with E-state index in [0.29, 0.717) is 30.6 Å². The van der Waals surface area contributed by atoms with Crippen LogP contribution in [0.25, 0.3) is 11.0 Å². The summed E-state index contributed by atoms with van der Waals surface area (Å²) in [6.45, 7) is 8.24. The summed E-state index contributed by atoms with van der Waals surface area (Å²) in [6.07, 6.45) is 0.982. The molecule has 0 amide bonds. The van der Waals surface area contributed by atoms with Crippen LogP contribution in [0.1, 0.15) is 41.4 Å². The second-order valence-corrected chi connectivity index (χ2v) is 6.91. The van der Waals surface area contributed by atoms with Crippen LogP contribution < -0.4 is 4.74 Å². The van der Waals surface area contributed by atoms with Gasteiger partial charge in [-0.2, -0.15) is 0 Å². The molecule has 3 aromatic rings. The Kier molecular flexibility index (Phi) is 6.02. The van der Waals surface area contributed by atoms with Crippen molar-refractivity contribution in [1.82, 2.24) is 0 Å². The van der Waals surface area contributed by atoms with E-state index in [9.17, 15) is 9.18 Å². The highest BCUT2D eigenvalue weighted by molar-refractivity contribution is 5.81. The number of halogens is 1. The van der Waals surface area contributed by atoms with E-state index >= 15 is 0 Å². The predicted molar refractivity (Wildman–Crippen MR) is 106 cm³/mol. The standard InChI is InChI=1S/C23H25FO4/c1-5-26-22(25)9-7-17-6-8-21(16(4)15(17)3)27-13-19-12-20(24)11-18-10-14(2)28-23(18)19/h6,8,10-12H,5,7,9,13H2,1-4H3. The Hall–Kier alpha value is -2.82. The van der Waals surface area contributed by atoms with E-state index in [1.54, 1.807) is 6.92 Å². The number of hydrogen-bond acceptors (Lipinski definition) is 4. The molecule has 148 valence electrons. The minimum atomic E-state index is -0.311. The van der Waals surface area contributed by atoms with Gasteiger partial charge in [0.15, 0.2) is 0 Å². The summed E-state index contributed by atoms with van der Waals surface area (Å²) < 4.78 is 30.6. The van der Waals surface area contributed by atoms with E-state index < -0.39 is 0 Å². The third-order valence-electron chi connectivity index (χ3n) is 4.92. The lowest BCUT2D eigenvalue weighted by molar-refractivity contribution is -0.143. The average molecular weight is 384 g/mol. The zero-order valence-electron chi connectivity index (χ0n) is 16.7. The Morgan fingerprint density at radius 2 is 1.86 bits per heavy atom. The van der Waals surface area contributed by atoms with Crippen LogP contribution in [-0.2, 0) is 22.6 Å². The smallest absolute Gasteiger partial charge is 0.306 e. The van der Waals surface area contributed by atoms with Crippen molar-refractivity contribution in [2.75, 3.05) is 6.61 Å². The van der Waals surface area contributed by atoms with Crippen LogP contribution >= 0.6 is 0 Å². The van der Waals surface area contributed by atoms with Gasteiger partial charge >= 0.3 is 5.97 Å². The molecular weight excluding hydrogens is 359 g/mol. The first-order chi connectivity index (χ1) is 13.4. The first kappa shape index (κ1) is 19.9. The molecule has 0 aliphatic carbocycles. The molecule has 0 aliphatic rings. The highest BCUT2D eigenvalue weighted by Crippen LogP contribution is 2.29. The summed E-state index contributed by atoms with van der Waals surface area (Å²) in [6, 6.07) is 8.59. The van der Waals surface area contributed by atoms with Gasteiger partial charge in [-0.3, -0.25) is 4.79 Å². The third kappa shape index (κ3) is 4.35. The first-order valence-corrected chi connectivity index (χ1v) is 9.45. The van der Waals surface area contributed by atoms with E-state index in [-0.39, 0.29) is 18.4 Å². The van der Waals surface area contributed by atoms with E-state index in [0.717, 1.165) is 33.6 Å². The summed E-state index contributed by atoms with van der Waals surface area (Å²) in [5.41, 5.74) is 4.50. The average Bonchev–Trinajstić information content (AvgIpc) is 3.02. The summed E-state index contributed by atoms with van der Waals surface area (Å²) in [7, 11) is 0. The minimum Gasteiger partial charge on any atom is -0.488 e. The number of benzene rings is 2. The maximum atomic E-state index is 13.9. The number of aryl methyl sites for hydroxylation is 2. The quantitative estimate of drug-likeness (QED) is 0.500. The van der Waals surface area contributed by atoms with Gasteiger partial charge in [-0.25, -0.2) is 4.39 Å². The number of furan rings is 1. The molecule has 1 aromatic heterocycles. The molecule has 0 radical (unpaired) electrons. The maximum absolute atomic E-state index is 13.9. The fourth-order valence-electron chi connectivity index (χ4n) is 3.33. The third-order valence-corrected chi connectivity index (χ3v) is 4.92. The Bertz CT molecular complexity index is 1000. The van der Waals surface area contributed by atoms with E-state index in [1.807, 2.05) is 39.0 Å². The zero-order valence-corrected chi connectivity index (χ0v) is 16.7. The first-order valence-electron chi connectivity index (χ1n) is 9.45. The molecule has 0 saturated carbocycles. The predicted octanol–water partition coefficient (Wildman–Crippen LogP) is 5.57. The molecule has 28 heavy (non-hydrogen) atoms. The van der Waals surface area contributed by atoms with Crippen molar-refractivity contribution in [2.24, 2.45) is 0 Å². The lowest BCUT2D eigenvalue weighted by Crippen LogP contribution is -2.06. The van der Waals surface area contributed by atoms with Crippen LogP contribution in [0.4, 0.5) is 4.39 Å². The maximum Gasteiger partial charge on any atom is 0.306 e. The normalized spacial score (nSPS) is 11.0. The molecule has 0 bridgehead atoms. The fraction of sp³-hybridized carbons (Fsp3) is 0.348. The Morgan fingerprint density at radius 3 is 2.61 bits per heavy atom. The van der Waals surface area contributed by atoms with Crippen molar-refractivity contribution in [1.29, 1.82) is 0 Å². The Balaban J connectivity index is 1.75. The lowest BCUT2D eigenvalue weighted by atomic mass is 9.99. The van der Waals surface area contributed by atoms with Crippen LogP contribution in [0, 0.1) is 26.6 Å². The number of carbonyl (C=O) groups is 1. The molecule has 0 saturated heterocycles. The largest absolute Gasteiger partial charge is 0.488 e. The molecule has 0 fully saturated rings. The number of ether oxygens (including phenoxy) is 2. The molecule has 0 atom stereocenters. The molecule has 0 unspecified atom stereocenters. The van der Waals surface area contributed by atoms with Gasteiger partial charge in [0.2, 0.25) is 0 Å². The number of hydrogen-bond donors (Lipinski definition) is 0. The summed E-state index contributed by atoms with van der Waals surface area (Å²) in [5, 5.41) is 0.735. The molecule has 0 spiro atoms. The van der Waals surface area contributed by atoms with E-state index in [2.05, 4.69) is 0 Å². The second-order valence-electron chi connectivity index (χ2n) is 6.91. The Morgan fingerprint density at radius 1 is 1.07 bits per heavy atom. The van der Waals surface area contributed by atoms with Crippen molar-refractivity contribution >= 4 is 16.9 Å². The number of rotatable bonds is 7. The van der Waals surface area contributed by atoms with Crippen LogP contribution in [0.15, 0.2) is 34.7 Å². The van der Waals surface area contributed by atoms with Crippen molar-refractivity contribution in [3.63, 3.8) is 0 Å². The lowest BCUT2D eigenvalue weighted by Gasteiger charge is -2.15. The molecule has 1 heterocycles. The van der Waals surface area contributed by atoms with Gasteiger partial charge in [0.1, 0.15) is 29.5 Å². The van der Waals surface area contributed by atoms with E-state index in [1.165, 1.54) is 12.1 Å². The second kappa shape index (κ2) is 8.46. The van der Waals surface area contributed by atoms with Crippen LogP contribution in [0.2, 0.25) is 0 Å². The van der Waals surface area contributed by atoms with Gasteiger partial charge < -0.3 is 13.9 Å². The molecule has 5 heteroatoms. The van der Waals surface area contributed by atoms with Gasteiger partial charge in [0, 0.05) is 17.4 Å². The monoisotopic (exact) mass is 384 g/mol. The van der Waals surface area contributed by atoms with Gasteiger partial charge in [-0.05, 0) is 75.1 Å². The van der Waals surface area contributed by atoms with Crippen molar-refractivity contribution in [3.05, 3.63) is 64.2 Å². The summed E-state index contributed by atoms with van der Waals surface area (Å²) in [4.78, 5) is 11.6. The highest BCUT2D eigenvalue weighted by Gasteiger charge is 2.13. The zero-order chi connectivity index (χ0) is 20.3. The SMILES string of the molecule is CCOC(=O)CCc1ccc(OCc2cc(F)cc3cc(C)oc23)c(C)c1C. The van der Waals surface area contributed by atoms with Crippen LogP contribution in [0.3, 0.4) is 0 Å². The van der Waals surface area contributed by atoms with Gasteiger partial charge in [0.25, 0.3) is 0 Å². The molecule has 4 nitrogen and oxygen atoms in total. The van der Waals surface area contributed by atoms with Gasteiger partial charge in [-0.1, -0.05) is 6.07 Å². The molecule has 3 rings (SSSR count). The molecular formula is C23H25FO4. The van der Waals surface area contributed by atoms with Crippen LogP contribution in [-0.4, -0.2) is 12.6 Å².